The standard InChI is InChI=1S/C20H27ClF3N3OS/c21-15-3-5-17(6-4-15)29-13-9-25-19(28)18-2-1-10-27(18)16-7-11-26(12-8-16)14-20(22,23)24/h3-6,16,18H,1-2,7-14H2,(H,25,28)/t18-/m1/s1. The van der Waals surface area contributed by atoms with E-state index < -0.39 is 12.7 Å². The molecule has 1 aromatic carbocycles. The molecule has 1 atom stereocenters. The summed E-state index contributed by atoms with van der Waals surface area (Å²) in [6.45, 7) is 1.47. The van der Waals surface area contributed by atoms with Crippen LogP contribution in [-0.2, 0) is 4.79 Å². The van der Waals surface area contributed by atoms with Crippen LogP contribution in [0.25, 0.3) is 0 Å². The van der Waals surface area contributed by atoms with Gasteiger partial charge in [0, 0.05) is 28.3 Å². The fourth-order valence-electron chi connectivity index (χ4n) is 4.16. The van der Waals surface area contributed by atoms with Crippen LogP contribution in [0, 0.1) is 0 Å². The number of rotatable bonds is 7. The summed E-state index contributed by atoms with van der Waals surface area (Å²) in [6, 6.07) is 7.64. The Hall–Kier alpha value is -0.960. The van der Waals surface area contributed by atoms with Gasteiger partial charge < -0.3 is 5.32 Å². The quantitative estimate of drug-likeness (QED) is 0.503. The average Bonchev–Trinajstić information content (AvgIpc) is 3.16. The Morgan fingerprint density at radius 3 is 2.48 bits per heavy atom. The molecule has 2 aliphatic heterocycles. The lowest BCUT2D eigenvalue weighted by atomic mass is 10.0. The normalized spacial score (nSPS) is 22.1. The van der Waals surface area contributed by atoms with Gasteiger partial charge in [-0.3, -0.25) is 14.6 Å². The maximum Gasteiger partial charge on any atom is 0.401 e. The Balaban J connectivity index is 1.40. The molecule has 0 aromatic heterocycles. The molecule has 2 saturated heterocycles. The van der Waals surface area contributed by atoms with E-state index in [1.165, 1.54) is 4.90 Å². The zero-order chi connectivity index (χ0) is 20.9. The van der Waals surface area contributed by atoms with Crippen LogP contribution in [0.5, 0.6) is 0 Å². The van der Waals surface area contributed by atoms with Gasteiger partial charge in [0.15, 0.2) is 0 Å². The fraction of sp³-hybridized carbons (Fsp3) is 0.650. The molecule has 0 unspecified atom stereocenters. The van der Waals surface area contributed by atoms with E-state index in [-0.39, 0.29) is 18.0 Å². The number of amides is 1. The number of carbonyl (C=O) groups excluding carboxylic acids is 1. The lowest BCUT2D eigenvalue weighted by molar-refractivity contribution is -0.149. The number of hydrogen-bond donors (Lipinski definition) is 1. The Bertz CT molecular complexity index is 666. The third-order valence-electron chi connectivity index (χ3n) is 5.51. The van der Waals surface area contributed by atoms with Gasteiger partial charge in [0.2, 0.25) is 5.91 Å². The van der Waals surface area contributed by atoms with E-state index in [0.29, 0.717) is 37.5 Å². The number of carbonyl (C=O) groups is 1. The first-order valence-electron chi connectivity index (χ1n) is 10.0. The summed E-state index contributed by atoms with van der Waals surface area (Å²) in [5, 5.41) is 3.73. The van der Waals surface area contributed by atoms with E-state index in [2.05, 4.69) is 10.2 Å². The Morgan fingerprint density at radius 2 is 1.83 bits per heavy atom. The zero-order valence-corrected chi connectivity index (χ0v) is 17.8. The molecular weight excluding hydrogens is 423 g/mol. The number of alkyl halides is 3. The van der Waals surface area contributed by atoms with Gasteiger partial charge in [-0.15, -0.1) is 11.8 Å². The first-order chi connectivity index (χ1) is 13.8. The molecule has 0 radical (unpaired) electrons. The van der Waals surface area contributed by atoms with Crippen LogP contribution in [0.1, 0.15) is 25.7 Å². The molecule has 29 heavy (non-hydrogen) atoms. The van der Waals surface area contributed by atoms with Crippen molar-refractivity contribution < 1.29 is 18.0 Å². The molecule has 0 spiro atoms. The van der Waals surface area contributed by atoms with E-state index in [0.717, 1.165) is 30.0 Å². The molecular formula is C20H27ClF3N3OS. The number of nitrogens with one attached hydrogen (secondary N) is 1. The monoisotopic (exact) mass is 449 g/mol. The van der Waals surface area contributed by atoms with Crippen molar-refractivity contribution in [3.63, 3.8) is 0 Å². The minimum absolute atomic E-state index is 0.0388. The van der Waals surface area contributed by atoms with Gasteiger partial charge in [-0.25, -0.2) is 0 Å². The molecule has 2 fully saturated rings. The lowest BCUT2D eigenvalue weighted by Gasteiger charge is -2.39. The van der Waals surface area contributed by atoms with Gasteiger partial charge in [0.1, 0.15) is 0 Å². The highest BCUT2D eigenvalue weighted by Crippen LogP contribution is 2.28. The predicted molar refractivity (Wildman–Crippen MR) is 110 cm³/mol. The molecule has 1 N–H and O–H groups in total. The molecule has 0 aliphatic carbocycles. The molecule has 4 nitrogen and oxygen atoms in total. The van der Waals surface area contributed by atoms with Crippen LogP contribution in [0.3, 0.4) is 0 Å². The van der Waals surface area contributed by atoms with Crippen molar-refractivity contribution in [1.29, 1.82) is 0 Å². The SMILES string of the molecule is O=C(NCCSc1ccc(Cl)cc1)[C@H]1CCCN1C1CCN(CC(F)(F)F)CC1. The van der Waals surface area contributed by atoms with Crippen LogP contribution in [0.4, 0.5) is 13.2 Å². The second-order valence-corrected chi connectivity index (χ2v) is 9.22. The number of nitrogens with zero attached hydrogens (tertiary/aromatic N) is 2. The van der Waals surface area contributed by atoms with Gasteiger partial charge in [-0.05, 0) is 69.6 Å². The van der Waals surface area contributed by atoms with E-state index in [1.54, 1.807) is 11.8 Å². The number of piperidine rings is 1. The molecule has 9 heteroatoms. The van der Waals surface area contributed by atoms with Crippen molar-refractivity contribution in [1.82, 2.24) is 15.1 Å². The Morgan fingerprint density at radius 1 is 1.14 bits per heavy atom. The summed E-state index contributed by atoms with van der Waals surface area (Å²) in [6.07, 6.45) is -0.995. The number of likely N-dealkylation sites (tertiary alicyclic amines) is 2. The summed E-state index contributed by atoms with van der Waals surface area (Å²) < 4.78 is 37.7. The molecule has 3 rings (SSSR count). The highest BCUT2D eigenvalue weighted by molar-refractivity contribution is 7.99. The van der Waals surface area contributed by atoms with Crippen LogP contribution in [0.2, 0.25) is 5.02 Å². The van der Waals surface area contributed by atoms with Crippen molar-refractivity contribution in [3.8, 4) is 0 Å². The third kappa shape index (κ3) is 7.05. The van der Waals surface area contributed by atoms with Crippen molar-refractivity contribution in [2.24, 2.45) is 0 Å². The summed E-state index contributed by atoms with van der Waals surface area (Å²) in [7, 11) is 0. The van der Waals surface area contributed by atoms with Gasteiger partial charge >= 0.3 is 6.18 Å². The van der Waals surface area contributed by atoms with E-state index in [9.17, 15) is 18.0 Å². The second kappa shape index (κ2) is 10.4. The van der Waals surface area contributed by atoms with Crippen LogP contribution < -0.4 is 5.32 Å². The fourth-order valence-corrected chi connectivity index (χ4v) is 5.06. The zero-order valence-electron chi connectivity index (χ0n) is 16.3. The number of thioether (sulfide) groups is 1. The topological polar surface area (TPSA) is 35.6 Å². The van der Waals surface area contributed by atoms with Crippen LogP contribution in [0.15, 0.2) is 29.2 Å². The van der Waals surface area contributed by atoms with Crippen molar-refractivity contribution in [2.45, 2.75) is 48.8 Å². The molecule has 1 aromatic rings. The maximum absolute atomic E-state index is 12.7. The molecule has 1 amide bonds. The van der Waals surface area contributed by atoms with E-state index in [1.807, 2.05) is 24.3 Å². The second-order valence-electron chi connectivity index (χ2n) is 7.61. The number of halogens is 4. The smallest absolute Gasteiger partial charge is 0.354 e. The predicted octanol–water partition coefficient (Wildman–Crippen LogP) is 4.04. The van der Waals surface area contributed by atoms with Crippen LogP contribution >= 0.6 is 23.4 Å². The maximum atomic E-state index is 12.7. The Kier molecular flexibility index (Phi) is 8.13. The highest BCUT2D eigenvalue weighted by Gasteiger charge is 2.38. The van der Waals surface area contributed by atoms with Gasteiger partial charge in [0.25, 0.3) is 0 Å². The van der Waals surface area contributed by atoms with Crippen molar-refractivity contribution >= 4 is 29.3 Å². The minimum Gasteiger partial charge on any atom is -0.354 e. The largest absolute Gasteiger partial charge is 0.401 e. The van der Waals surface area contributed by atoms with Crippen molar-refractivity contribution in [3.05, 3.63) is 29.3 Å². The van der Waals surface area contributed by atoms with Crippen LogP contribution in [-0.4, -0.2) is 72.4 Å². The van der Waals surface area contributed by atoms with Gasteiger partial charge in [0.05, 0.1) is 12.6 Å². The average molecular weight is 450 g/mol. The number of hydrogen-bond acceptors (Lipinski definition) is 4. The van der Waals surface area contributed by atoms with Gasteiger partial charge in [-0.2, -0.15) is 13.2 Å². The molecule has 2 aliphatic rings. The molecule has 2 heterocycles. The highest BCUT2D eigenvalue weighted by atomic mass is 35.5. The van der Waals surface area contributed by atoms with Gasteiger partial charge in [-0.1, -0.05) is 11.6 Å². The first kappa shape index (κ1) is 22.7. The Labute approximate surface area is 179 Å². The van der Waals surface area contributed by atoms with E-state index >= 15 is 0 Å². The molecule has 0 bridgehead atoms. The molecule has 0 saturated carbocycles. The molecule has 162 valence electrons. The third-order valence-corrected chi connectivity index (χ3v) is 6.78. The number of benzene rings is 1. The van der Waals surface area contributed by atoms with E-state index in [4.69, 9.17) is 11.6 Å². The summed E-state index contributed by atoms with van der Waals surface area (Å²) in [5.74, 6) is 0.813. The summed E-state index contributed by atoms with van der Waals surface area (Å²) in [5.41, 5.74) is 0. The minimum atomic E-state index is -4.15. The lowest BCUT2D eigenvalue weighted by Crippen LogP contribution is -2.52. The summed E-state index contributed by atoms with van der Waals surface area (Å²) >= 11 is 7.54. The van der Waals surface area contributed by atoms with Crippen molar-refractivity contribution in [2.75, 3.05) is 38.5 Å². The first-order valence-corrected chi connectivity index (χ1v) is 11.4. The summed E-state index contributed by atoms with van der Waals surface area (Å²) in [4.78, 5) is 17.5.